The number of nitrogens with zero attached hydrogens (tertiary/aromatic N) is 1. The summed E-state index contributed by atoms with van der Waals surface area (Å²) in [5.74, 6) is -0.233. The lowest BCUT2D eigenvalue weighted by molar-refractivity contribution is 0.102. The van der Waals surface area contributed by atoms with Crippen LogP contribution < -0.4 is 21.7 Å². The van der Waals surface area contributed by atoms with E-state index in [4.69, 9.17) is 5.73 Å². The molecule has 0 saturated carbocycles. The number of nitrogen functional groups attached to an aromatic ring is 1. The molecule has 1 aliphatic rings. The molecule has 27 heavy (non-hydrogen) atoms. The molecule has 142 valence electrons. The van der Waals surface area contributed by atoms with Gasteiger partial charge in [-0.15, -0.1) is 0 Å². The van der Waals surface area contributed by atoms with E-state index in [1.807, 2.05) is 0 Å². The second-order valence-electron chi connectivity index (χ2n) is 6.83. The third-order valence-electron chi connectivity index (χ3n) is 4.60. The molecule has 3 amide bonds. The molecule has 0 unspecified atom stereocenters. The summed E-state index contributed by atoms with van der Waals surface area (Å²) in [6, 6.07) is 13.8. The first-order valence-electron chi connectivity index (χ1n) is 9.02. The van der Waals surface area contributed by atoms with Crippen LogP contribution in [0.15, 0.2) is 48.5 Å². The lowest BCUT2D eigenvalue weighted by atomic mass is 10.1. The summed E-state index contributed by atoms with van der Waals surface area (Å²) in [6.45, 7) is 1.98. The highest BCUT2D eigenvalue weighted by atomic mass is 16.2. The molecule has 1 heterocycles. The zero-order valence-corrected chi connectivity index (χ0v) is 15.4. The van der Waals surface area contributed by atoms with Crippen molar-refractivity contribution in [2.45, 2.75) is 18.9 Å². The van der Waals surface area contributed by atoms with E-state index < -0.39 is 0 Å². The molecular weight excluding hydrogens is 342 g/mol. The van der Waals surface area contributed by atoms with Crippen LogP contribution in [-0.4, -0.2) is 43.0 Å². The van der Waals surface area contributed by atoms with Crippen LogP contribution in [0.1, 0.15) is 23.2 Å². The van der Waals surface area contributed by atoms with Crippen molar-refractivity contribution in [2.24, 2.45) is 0 Å². The monoisotopic (exact) mass is 367 g/mol. The number of amides is 3. The highest BCUT2D eigenvalue weighted by Gasteiger charge is 2.18. The summed E-state index contributed by atoms with van der Waals surface area (Å²) in [6.07, 6.45) is 1.91. The fraction of sp³-hybridized carbons (Fsp3) is 0.300. The van der Waals surface area contributed by atoms with E-state index >= 15 is 0 Å². The Morgan fingerprint density at radius 3 is 2.26 bits per heavy atom. The van der Waals surface area contributed by atoms with Crippen LogP contribution in [0.4, 0.5) is 21.9 Å². The van der Waals surface area contributed by atoms with E-state index in [2.05, 4.69) is 27.9 Å². The lowest BCUT2D eigenvalue weighted by Crippen LogP contribution is -2.44. The van der Waals surface area contributed by atoms with Crippen LogP contribution in [0.2, 0.25) is 0 Å². The standard InChI is InChI=1S/C20H25N5O2/c1-25-11-9-18(10-12-25)24-20(27)23-17-7-5-16(6-8-17)22-19(26)14-3-2-4-15(21)13-14/h2-8,13,18H,9-12,21H2,1H3,(H,22,26)(H2,23,24,27). The number of likely N-dealkylation sites (tertiary alicyclic amines) is 1. The van der Waals surface area contributed by atoms with Gasteiger partial charge in [-0.05, 0) is 75.4 Å². The normalized spacial score (nSPS) is 15.1. The van der Waals surface area contributed by atoms with Gasteiger partial charge in [0, 0.05) is 28.7 Å². The minimum Gasteiger partial charge on any atom is -0.399 e. The molecule has 1 fully saturated rings. The number of nitrogens with two attached hydrogens (primary N) is 1. The van der Waals surface area contributed by atoms with Crippen LogP contribution in [-0.2, 0) is 0 Å². The molecule has 2 aromatic rings. The van der Waals surface area contributed by atoms with E-state index in [1.54, 1.807) is 48.5 Å². The summed E-state index contributed by atoms with van der Waals surface area (Å²) in [5, 5.41) is 8.64. The second kappa shape index (κ2) is 8.55. The summed E-state index contributed by atoms with van der Waals surface area (Å²) in [7, 11) is 2.09. The highest BCUT2D eigenvalue weighted by Crippen LogP contribution is 2.16. The topological polar surface area (TPSA) is 99.5 Å². The van der Waals surface area contributed by atoms with Crippen molar-refractivity contribution >= 4 is 29.0 Å². The average Bonchev–Trinajstić information content (AvgIpc) is 2.65. The number of anilines is 3. The van der Waals surface area contributed by atoms with Gasteiger partial charge in [-0.25, -0.2) is 4.79 Å². The highest BCUT2D eigenvalue weighted by molar-refractivity contribution is 6.04. The number of carbonyl (C=O) groups is 2. The fourth-order valence-electron chi connectivity index (χ4n) is 3.03. The molecule has 7 nitrogen and oxygen atoms in total. The van der Waals surface area contributed by atoms with Gasteiger partial charge in [0.15, 0.2) is 0 Å². The first-order chi connectivity index (χ1) is 13.0. The van der Waals surface area contributed by atoms with Crippen molar-refractivity contribution in [3.8, 4) is 0 Å². The molecule has 0 radical (unpaired) electrons. The van der Waals surface area contributed by atoms with Crippen molar-refractivity contribution in [2.75, 3.05) is 36.5 Å². The number of hydrogen-bond donors (Lipinski definition) is 4. The number of carbonyl (C=O) groups excluding carboxylic acids is 2. The summed E-state index contributed by atoms with van der Waals surface area (Å²) in [5.41, 5.74) is 8.05. The Morgan fingerprint density at radius 2 is 1.63 bits per heavy atom. The quantitative estimate of drug-likeness (QED) is 0.624. The Balaban J connectivity index is 1.51. The number of hydrogen-bond acceptors (Lipinski definition) is 4. The van der Waals surface area contributed by atoms with E-state index in [-0.39, 0.29) is 18.0 Å². The maximum Gasteiger partial charge on any atom is 0.319 e. The van der Waals surface area contributed by atoms with Gasteiger partial charge < -0.3 is 26.6 Å². The summed E-state index contributed by atoms with van der Waals surface area (Å²) < 4.78 is 0. The predicted octanol–water partition coefficient (Wildman–Crippen LogP) is 2.74. The molecule has 3 rings (SSSR count). The molecule has 2 aromatic carbocycles. The van der Waals surface area contributed by atoms with Crippen LogP contribution in [0.25, 0.3) is 0 Å². The minimum atomic E-state index is -0.233. The van der Waals surface area contributed by atoms with Crippen LogP contribution in [0, 0.1) is 0 Å². The minimum absolute atomic E-state index is 0.207. The molecule has 7 heteroatoms. The van der Waals surface area contributed by atoms with Gasteiger partial charge in [-0.1, -0.05) is 6.07 Å². The van der Waals surface area contributed by atoms with Gasteiger partial charge in [0.2, 0.25) is 0 Å². The van der Waals surface area contributed by atoms with Gasteiger partial charge in [0.05, 0.1) is 0 Å². The van der Waals surface area contributed by atoms with E-state index in [1.165, 1.54) is 0 Å². The van der Waals surface area contributed by atoms with Gasteiger partial charge in [-0.3, -0.25) is 4.79 Å². The van der Waals surface area contributed by atoms with Crippen molar-refractivity contribution in [3.05, 3.63) is 54.1 Å². The van der Waals surface area contributed by atoms with Crippen molar-refractivity contribution in [3.63, 3.8) is 0 Å². The first-order valence-corrected chi connectivity index (χ1v) is 9.02. The predicted molar refractivity (Wildman–Crippen MR) is 108 cm³/mol. The van der Waals surface area contributed by atoms with E-state index in [0.29, 0.717) is 22.6 Å². The van der Waals surface area contributed by atoms with Crippen LogP contribution in [0.3, 0.4) is 0 Å². The molecule has 0 aliphatic carbocycles. The Kier molecular flexibility index (Phi) is 5.93. The zero-order valence-electron chi connectivity index (χ0n) is 15.4. The molecule has 0 spiro atoms. The molecule has 5 N–H and O–H groups in total. The number of benzene rings is 2. The van der Waals surface area contributed by atoms with Gasteiger partial charge in [0.25, 0.3) is 5.91 Å². The smallest absolute Gasteiger partial charge is 0.319 e. The molecule has 1 aliphatic heterocycles. The van der Waals surface area contributed by atoms with Gasteiger partial charge >= 0.3 is 6.03 Å². The molecule has 0 atom stereocenters. The van der Waals surface area contributed by atoms with Crippen molar-refractivity contribution < 1.29 is 9.59 Å². The Morgan fingerprint density at radius 1 is 1.00 bits per heavy atom. The molecule has 0 aromatic heterocycles. The number of piperidine rings is 1. The maximum atomic E-state index is 12.2. The third-order valence-corrected chi connectivity index (χ3v) is 4.60. The second-order valence-corrected chi connectivity index (χ2v) is 6.83. The Labute approximate surface area is 158 Å². The number of rotatable bonds is 4. The fourth-order valence-corrected chi connectivity index (χ4v) is 3.03. The van der Waals surface area contributed by atoms with Crippen LogP contribution >= 0.6 is 0 Å². The zero-order chi connectivity index (χ0) is 19.2. The Hall–Kier alpha value is -3.06. The first kappa shape index (κ1) is 18.7. The summed E-state index contributed by atoms with van der Waals surface area (Å²) >= 11 is 0. The Bertz CT molecular complexity index is 798. The van der Waals surface area contributed by atoms with Gasteiger partial charge in [0.1, 0.15) is 0 Å². The number of nitrogens with one attached hydrogen (secondary N) is 3. The van der Waals surface area contributed by atoms with Gasteiger partial charge in [-0.2, -0.15) is 0 Å². The third kappa shape index (κ3) is 5.46. The summed E-state index contributed by atoms with van der Waals surface area (Å²) in [4.78, 5) is 26.6. The average molecular weight is 367 g/mol. The molecule has 1 saturated heterocycles. The van der Waals surface area contributed by atoms with Crippen molar-refractivity contribution in [1.82, 2.24) is 10.2 Å². The number of urea groups is 1. The van der Waals surface area contributed by atoms with Crippen molar-refractivity contribution in [1.29, 1.82) is 0 Å². The lowest BCUT2D eigenvalue weighted by Gasteiger charge is -2.29. The maximum absolute atomic E-state index is 12.2. The van der Waals surface area contributed by atoms with Crippen LogP contribution in [0.5, 0.6) is 0 Å². The molecule has 0 bridgehead atoms. The largest absolute Gasteiger partial charge is 0.399 e. The molecular formula is C20H25N5O2. The SMILES string of the molecule is CN1CCC(NC(=O)Nc2ccc(NC(=O)c3cccc(N)c3)cc2)CC1. The van der Waals surface area contributed by atoms with E-state index in [0.717, 1.165) is 25.9 Å². The van der Waals surface area contributed by atoms with E-state index in [9.17, 15) is 9.59 Å².